The van der Waals surface area contributed by atoms with Gasteiger partial charge in [0.25, 0.3) is 0 Å². The van der Waals surface area contributed by atoms with Gasteiger partial charge in [-0.05, 0) is 31.1 Å². The Morgan fingerprint density at radius 1 is 0.900 bits per heavy atom. The molecule has 2 fully saturated rings. The Bertz CT molecular complexity index is 238. The first kappa shape index (κ1) is 16.3. The number of hydrogen-bond acceptors (Lipinski definition) is 2. The molecule has 118 valence electrons. The second kappa shape index (κ2) is 9.78. The quantitative estimate of drug-likeness (QED) is 0.660. The maximum atomic E-state index is 5.68. The summed E-state index contributed by atoms with van der Waals surface area (Å²) in [6, 6.07) is 0.779. The Balaban J connectivity index is 1.67. The molecule has 20 heavy (non-hydrogen) atoms. The van der Waals surface area contributed by atoms with Crippen LogP contribution in [-0.2, 0) is 4.74 Å². The van der Waals surface area contributed by atoms with E-state index in [0.717, 1.165) is 37.6 Å². The summed E-state index contributed by atoms with van der Waals surface area (Å²) in [6.07, 6.45) is 15.6. The van der Waals surface area contributed by atoms with E-state index in [9.17, 15) is 0 Å². The van der Waals surface area contributed by atoms with Crippen LogP contribution in [0.3, 0.4) is 0 Å². The predicted molar refractivity (Wildman–Crippen MR) is 86.1 cm³/mol. The van der Waals surface area contributed by atoms with Crippen molar-refractivity contribution in [2.45, 2.75) is 83.6 Å². The van der Waals surface area contributed by atoms with E-state index in [2.05, 4.69) is 12.2 Å². The third-order valence-corrected chi connectivity index (χ3v) is 5.37. The van der Waals surface area contributed by atoms with Crippen LogP contribution in [-0.4, -0.2) is 25.8 Å². The molecule has 0 saturated heterocycles. The molecule has 0 heterocycles. The van der Waals surface area contributed by atoms with Crippen molar-refractivity contribution in [1.29, 1.82) is 0 Å². The second-order valence-electron chi connectivity index (χ2n) is 6.87. The van der Waals surface area contributed by atoms with Crippen molar-refractivity contribution >= 4 is 0 Å². The van der Waals surface area contributed by atoms with Gasteiger partial charge in [-0.1, -0.05) is 58.3 Å². The van der Waals surface area contributed by atoms with Crippen LogP contribution in [0.5, 0.6) is 0 Å². The first-order valence-corrected chi connectivity index (χ1v) is 9.23. The summed E-state index contributed by atoms with van der Waals surface area (Å²) < 4.78 is 5.68. The molecule has 0 bridgehead atoms. The summed E-state index contributed by atoms with van der Waals surface area (Å²) in [5.41, 5.74) is 0. The van der Waals surface area contributed by atoms with Gasteiger partial charge in [0.1, 0.15) is 0 Å². The monoisotopic (exact) mass is 281 g/mol. The standard InChI is InChI=1S/C18H35NO/c1-2-3-14-20-15-13-19-18-12-8-7-11-17(18)16-9-5-4-6-10-16/h16-19H,2-15H2,1H3. The Hall–Kier alpha value is -0.0800. The van der Waals surface area contributed by atoms with Crippen molar-refractivity contribution in [3.8, 4) is 0 Å². The average molecular weight is 281 g/mol. The van der Waals surface area contributed by atoms with E-state index < -0.39 is 0 Å². The SMILES string of the molecule is CCCCOCCNC1CCCCC1C1CCCCC1. The van der Waals surface area contributed by atoms with Crippen LogP contribution in [0, 0.1) is 11.8 Å². The highest BCUT2D eigenvalue weighted by molar-refractivity contribution is 4.86. The molecule has 2 aliphatic carbocycles. The van der Waals surface area contributed by atoms with Crippen LogP contribution in [0.1, 0.15) is 77.6 Å². The van der Waals surface area contributed by atoms with E-state index in [1.807, 2.05) is 0 Å². The lowest BCUT2D eigenvalue weighted by molar-refractivity contribution is 0.112. The molecule has 0 spiro atoms. The van der Waals surface area contributed by atoms with E-state index in [1.54, 1.807) is 0 Å². The normalized spacial score (nSPS) is 28.6. The van der Waals surface area contributed by atoms with E-state index >= 15 is 0 Å². The molecule has 2 unspecified atom stereocenters. The highest BCUT2D eigenvalue weighted by Crippen LogP contribution is 2.38. The summed E-state index contributed by atoms with van der Waals surface area (Å²) >= 11 is 0. The van der Waals surface area contributed by atoms with E-state index in [0.29, 0.717) is 0 Å². The second-order valence-corrected chi connectivity index (χ2v) is 6.87. The van der Waals surface area contributed by atoms with Crippen molar-refractivity contribution in [1.82, 2.24) is 5.32 Å². The first-order valence-electron chi connectivity index (χ1n) is 9.23. The summed E-state index contributed by atoms with van der Waals surface area (Å²) in [5.74, 6) is 1.97. The summed E-state index contributed by atoms with van der Waals surface area (Å²) in [4.78, 5) is 0. The van der Waals surface area contributed by atoms with Crippen molar-refractivity contribution in [2.75, 3.05) is 19.8 Å². The fraction of sp³-hybridized carbons (Fsp3) is 1.00. The minimum absolute atomic E-state index is 0.779. The topological polar surface area (TPSA) is 21.3 Å². The maximum absolute atomic E-state index is 5.68. The molecule has 0 aromatic carbocycles. The lowest BCUT2D eigenvalue weighted by atomic mass is 9.71. The summed E-state index contributed by atoms with van der Waals surface area (Å²) in [7, 11) is 0. The maximum Gasteiger partial charge on any atom is 0.0591 e. The Morgan fingerprint density at radius 2 is 1.65 bits per heavy atom. The highest BCUT2D eigenvalue weighted by Gasteiger charge is 2.31. The molecule has 2 nitrogen and oxygen atoms in total. The zero-order chi connectivity index (χ0) is 14.0. The van der Waals surface area contributed by atoms with E-state index in [4.69, 9.17) is 4.74 Å². The third-order valence-electron chi connectivity index (χ3n) is 5.37. The molecular weight excluding hydrogens is 246 g/mol. The highest BCUT2D eigenvalue weighted by atomic mass is 16.5. The van der Waals surface area contributed by atoms with Crippen molar-refractivity contribution < 1.29 is 4.74 Å². The Morgan fingerprint density at radius 3 is 2.45 bits per heavy atom. The van der Waals surface area contributed by atoms with Crippen molar-refractivity contribution in [3.63, 3.8) is 0 Å². The van der Waals surface area contributed by atoms with Crippen molar-refractivity contribution in [3.05, 3.63) is 0 Å². The average Bonchev–Trinajstić information content (AvgIpc) is 2.52. The molecule has 0 radical (unpaired) electrons. The Labute approximate surface area is 126 Å². The lowest BCUT2D eigenvalue weighted by Gasteiger charge is -2.39. The number of ether oxygens (including phenoxy) is 1. The number of hydrogen-bond donors (Lipinski definition) is 1. The largest absolute Gasteiger partial charge is 0.380 e. The van der Waals surface area contributed by atoms with Gasteiger partial charge in [-0.25, -0.2) is 0 Å². The number of rotatable bonds is 8. The van der Waals surface area contributed by atoms with Gasteiger partial charge in [0.15, 0.2) is 0 Å². The molecule has 2 atom stereocenters. The zero-order valence-corrected chi connectivity index (χ0v) is 13.5. The summed E-state index contributed by atoms with van der Waals surface area (Å²) in [5, 5.41) is 3.82. The van der Waals surface area contributed by atoms with Crippen LogP contribution in [0.2, 0.25) is 0 Å². The minimum atomic E-state index is 0.779. The molecule has 0 aromatic rings. The fourth-order valence-corrected chi connectivity index (χ4v) is 4.20. The molecule has 2 heteroatoms. The Kier molecular flexibility index (Phi) is 7.97. The van der Waals surface area contributed by atoms with Gasteiger partial charge in [0, 0.05) is 19.2 Å². The molecule has 0 aromatic heterocycles. The number of unbranched alkanes of at least 4 members (excludes halogenated alkanes) is 1. The molecule has 1 N–H and O–H groups in total. The van der Waals surface area contributed by atoms with Gasteiger partial charge < -0.3 is 10.1 Å². The number of nitrogens with one attached hydrogen (secondary N) is 1. The van der Waals surface area contributed by atoms with E-state index in [-0.39, 0.29) is 0 Å². The molecule has 2 rings (SSSR count). The smallest absolute Gasteiger partial charge is 0.0591 e. The van der Waals surface area contributed by atoms with Gasteiger partial charge in [0.05, 0.1) is 6.61 Å². The lowest BCUT2D eigenvalue weighted by Crippen LogP contribution is -2.43. The predicted octanol–water partition coefficient (Wildman–Crippen LogP) is 4.53. The van der Waals surface area contributed by atoms with Gasteiger partial charge in [-0.2, -0.15) is 0 Å². The van der Waals surface area contributed by atoms with Crippen LogP contribution >= 0.6 is 0 Å². The fourth-order valence-electron chi connectivity index (χ4n) is 4.20. The molecule has 0 amide bonds. The molecule has 2 aliphatic rings. The van der Waals surface area contributed by atoms with Gasteiger partial charge >= 0.3 is 0 Å². The van der Waals surface area contributed by atoms with Gasteiger partial charge in [-0.15, -0.1) is 0 Å². The molecular formula is C18H35NO. The third kappa shape index (κ3) is 5.37. The van der Waals surface area contributed by atoms with Crippen molar-refractivity contribution in [2.24, 2.45) is 11.8 Å². The van der Waals surface area contributed by atoms with Crippen LogP contribution < -0.4 is 5.32 Å². The minimum Gasteiger partial charge on any atom is -0.380 e. The first-order chi connectivity index (χ1) is 9.92. The van der Waals surface area contributed by atoms with Gasteiger partial charge in [0.2, 0.25) is 0 Å². The van der Waals surface area contributed by atoms with E-state index in [1.165, 1.54) is 70.6 Å². The molecule has 0 aliphatic heterocycles. The van der Waals surface area contributed by atoms with Crippen LogP contribution in [0.25, 0.3) is 0 Å². The van der Waals surface area contributed by atoms with Crippen LogP contribution in [0.4, 0.5) is 0 Å². The summed E-state index contributed by atoms with van der Waals surface area (Å²) in [6.45, 7) is 5.11. The van der Waals surface area contributed by atoms with Gasteiger partial charge in [-0.3, -0.25) is 0 Å². The zero-order valence-electron chi connectivity index (χ0n) is 13.5. The van der Waals surface area contributed by atoms with Crippen LogP contribution in [0.15, 0.2) is 0 Å². The molecule has 2 saturated carbocycles.